The fraction of sp³-hybridized carbons (Fsp3) is 0.263. The lowest BCUT2D eigenvalue weighted by Crippen LogP contribution is -2.00. The van der Waals surface area contributed by atoms with E-state index in [2.05, 4.69) is 50.1 Å². The second-order valence-corrected chi connectivity index (χ2v) is 5.10. The van der Waals surface area contributed by atoms with E-state index in [4.69, 9.17) is 6.42 Å². The van der Waals surface area contributed by atoms with Gasteiger partial charge in [-0.15, -0.1) is 6.42 Å². The van der Waals surface area contributed by atoms with Crippen molar-refractivity contribution in [2.75, 3.05) is 0 Å². The number of hydrogen-bond acceptors (Lipinski definition) is 0. The highest BCUT2D eigenvalue weighted by atomic mass is 14.3. The second-order valence-electron chi connectivity index (χ2n) is 5.10. The lowest BCUT2D eigenvalue weighted by atomic mass is 9.89. The van der Waals surface area contributed by atoms with Crippen LogP contribution in [0.15, 0.2) is 30.3 Å². The summed E-state index contributed by atoms with van der Waals surface area (Å²) in [6.07, 6.45) is 8.81. The predicted molar refractivity (Wildman–Crippen MR) is 81.4 cm³/mol. The van der Waals surface area contributed by atoms with Gasteiger partial charge in [0.05, 0.1) is 0 Å². The van der Waals surface area contributed by atoms with Crippen LogP contribution in [-0.2, 0) is 19.3 Å². The number of hydrogen-bond donors (Lipinski definition) is 0. The van der Waals surface area contributed by atoms with Crippen molar-refractivity contribution in [3.05, 3.63) is 58.1 Å². The van der Waals surface area contributed by atoms with Gasteiger partial charge >= 0.3 is 0 Å². The third-order valence-corrected chi connectivity index (χ3v) is 4.18. The van der Waals surface area contributed by atoms with E-state index in [1.807, 2.05) is 0 Å². The SMILES string of the molecule is C#Cc1c(CC)cc2c(c1CC)Cc1ccccc1-2. The average molecular weight is 246 g/mol. The molecule has 19 heavy (non-hydrogen) atoms. The first-order chi connectivity index (χ1) is 9.30. The number of fused-ring (bicyclic) bond motifs is 3. The van der Waals surface area contributed by atoms with Crippen molar-refractivity contribution in [2.45, 2.75) is 33.1 Å². The molecule has 3 rings (SSSR count). The fourth-order valence-corrected chi connectivity index (χ4v) is 3.26. The monoisotopic (exact) mass is 246 g/mol. The molecule has 94 valence electrons. The molecule has 0 amide bonds. The van der Waals surface area contributed by atoms with Gasteiger partial charge in [-0.25, -0.2) is 0 Å². The van der Waals surface area contributed by atoms with Crippen molar-refractivity contribution in [3.63, 3.8) is 0 Å². The maximum absolute atomic E-state index is 5.75. The van der Waals surface area contributed by atoms with Crippen LogP contribution in [0.1, 0.15) is 41.7 Å². The first-order valence-corrected chi connectivity index (χ1v) is 7.02. The van der Waals surface area contributed by atoms with E-state index in [1.165, 1.54) is 33.4 Å². The van der Waals surface area contributed by atoms with Gasteiger partial charge in [0.15, 0.2) is 0 Å². The Balaban J connectivity index is 2.33. The van der Waals surface area contributed by atoms with Gasteiger partial charge in [-0.05, 0) is 58.7 Å². The molecule has 0 nitrogen and oxygen atoms in total. The smallest absolute Gasteiger partial charge is 0.0309 e. The molecule has 0 bridgehead atoms. The minimum absolute atomic E-state index is 1.00. The summed E-state index contributed by atoms with van der Waals surface area (Å²) in [5, 5.41) is 0. The molecule has 2 aromatic rings. The average Bonchev–Trinajstić information content (AvgIpc) is 2.83. The Morgan fingerprint density at radius 1 is 1.11 bits per heavy atom. The van der Waals surface area contributed by atoms with Gasteiger partial charge in [0.1, 0.15) is 0 Å². The van der Waals surface area contributed by atoms with Crippen molar-refractivity contribution >= 4 is 0 Å². The summed E-state index contributed by atoms with van der Waals surface area (Å²) in [7, 11) is 0. The molecule has 0 spiro atoms. The van der Waals surface area contributed by atoms with Gasteiger partial charge in [-0.2, -0.15) is 0 Å². The van der Waals surface area contributed by atoms with Crippen LogP contribution < -0.4 is 0 Å². The van der Waals surface area contributed by atoms with Crippen molar-refractivity contribution in [1.82, 2.24) is 0 Å². The summed E-state index contributed by atoms with van der Waals surface area (Å²) in [6.45, 7) is 4.39. The van der Waals surface area contributed by atoms with Crippen molar-refractivity contribution < 1.29 is 0 Å². The molecule has 0 unspecified atom stereocenters. The van der Waals surface area contributed by atoms with Crippen LogP contribution in [0.4, 0.5) is 0 Å². The molecule has 0 radical (unpaired) electrons. The fourth-order valence-electron chi connectivity index (χ4n) is 3.26. The summed E-state index contributed by atoms with van der Waals surface area (Å²) >= 11 is 0. The van der Waals surface area contributed by atoms with Gasteiger partial charge in [0.25, 0.3) is 0 Å². The molecule has 0 heterocycles. The number of aryl methyl sites for hydroxylation is 1. The molecule has 0 fully saturated rings. The largest absolute Gasteiger partial charge is 0.115 e. The summed E-state index contributed by atoms with van der Waals surface area (Å²) in [6, 6.07) is 11.0. The molecular formula is C19H18. The van der Waals surface area contributed by atoms with E-state index in [-0.39, 0.29) is 0 Å². The van der Waals surface area contributed by atoms with Crippen LogP contribution in [0.5, 0.6) is 0 Å². The third kappa shape index (κ3) is 1.70. The van der Waals surface area contributed by atoms with Crippen LogP contribution in [-0.4, -0.2) is 0 Å². The van der Waals surface area contributed by atoms with E-state index in [0.717, 1.165) is 24.8 Å². The lowest BCUT2D eigenvalue weighted by molar-refractivity contribution is 1.04. The van der Waals surface area contributed by atoms with Crippen LogP contribution in [0.3, 0.4) is 0 Å². The molecule has 1 aliphatic rings. The molecule has 0 N–H and O–H groups in total. The normalized spacial score (nSPS) is 11.8. The molecule has 2 aromatic carbocycles. The second kappa shape index (κ2) is 4.59. The lowest BCUT2D eigenvalue weighted by Gasteiger charge is -2.14. The number of rotatable bonds is 2. The molecule has 0 atom stereocenters. The molecular weight excluding hydrogens is 228 g/mol. The number of benzene rings is 2. The predicted octanol–water partition coefficient (Wildman–Crippen LogP) is 4.36. The maximum Gasteiger partial charge on any atom is 0.0309 e. The first-order valence-electron chi connectivity index (χ1n) is 7.02. The Hall–Kier alpha value is -2.00. The topological polar surface area (TPSA) is 0 Å². The highest BCUT2D eigenvalue weighted by molar-refractivity contribution is 5.80. The molecule has 0 aliphatic heterocycles. The zero-order valence-electron chi connectivity index (χ0n) is 11.6. The van der Waals surface area contributed by atoms with Crippen molar-refractivity contribution in [1.29, 1.82) is 0 Å². The Morgan fingerprint density at radius 2 is 1.89 bits per heavy atom. The van der Waals surface area contributed by atoms with Gasteiger partial charge in [0.2, 0.25) is 0 Å². The van der Waals surface area contributed by atoms with Gasteiger partial charge in [-0.3, -0.25) is 0 Å². The Labute approximate surface area is 115 Å². The Kier molecular flexibility index (Phi) is 2.91. The molecule has 0 saturated heterocycles. The van der Waals surface area contributed by atoms with E-state index in [1.54, 1.807) is 0 Å². The van der Waals surface area contributed by atoms with Gasteiger partial charge < -0.3 is 0 Å². The summed E-state index contributed by atoms with van der Waals surface area (Å²) in [5.41, 5.74) is 9.52. The highest BCUT2D eigenvalue weighted by Gasteiger charge is 2.23. The minimum atomic E-state index is 1.00. The number of terminal acetylenes is 1. The van der Waals surface area contributed by atoms with Gasteiger partial charge in [-0.1, -0.05) is 44.0 Å². The zero-order valence-corrected chi connectivity index (χ0v) is 11.6. The van der Waals surface area contributed by atoms with Crippen LogP contribution >= 0.6 is 0 Å². The van der Waals surface area contributed by atoms with E-state index >= 15 is 0 Å². The summed E-state index contributed by atoms with van der Waals surface area (Å²) < 4.78 is 0. The van der Waals surface area contributed by atoms with E-state index in [0.29, 0.717) is 0 Å². The van der Waals surface area contributed by atoms with Crippen LogP contribution in [0, 0.1) is 12.3 Å². The molecule has 1 aliphatic carbocycles. The Morgan fingerprint density at radius 3 is 2.58 bits per heavy atom. The summed E-state index contributed by atoms with van der Waals surface area (Å²) in [5.74, 6) is 2.92. The van der Waals surface area contributed by atoms with Gasteiger partial charge in [0, 0.05) is 5.56 Å². The quantitative estimate of drug-likeness (QED) is 0.589. The van der Waals surface area contributed by atoms with E-state index in [9.17, 15) is 0 Å². The van der Waals surface area contributed by atoms with Crippen LogP contribution in [0.25, 0.3) is 11.1 Å². The standard InChI is InChI=1S/C19H18/c1-4-13-11-19-17-10-8-7-9-14(17)12-18(19)16(6-3)15(13)5-2/h2,7-11H,4,6,12H2,1,3H3. The van der Waals surface area contributed by atoms with Crippen molar-refractivity contribution in [2.24, 2.45) is 0 Å². The molecule has 0 aromatic heterocycles. The molecule has 0 saturated carbocycles. The minimum Gasteiger partial charge on any atom is -0.115 e. The maximum atomic E-state index is 5.75. The van der Waals surface area contributed by atoms with Crippen LogP contribution in [0.2, 0.25) is 0 Å². The highest BCUT2D eigenvalue weighted by Crippen LogP contribution is 2.40. The Bertz CT molecular complexity index is 684. The molecule has 0 heteroatoms. The van der Waals surface area contributed by atoms with E-state index < -0.39 is 0 Å². The van der Waals surface area contributed by atoms with Crippen molar-refractivity contribution in [3.8, 4) is 23.5 Å². The summed E-state index contributed by atoms with van der Waals surface area (Å²) in [4.78, 5) is 0. The third-order valence-electron chi connectivity index (χ3n) is 4.18. The zero-order chi connectivity index (χ0) is 13.4. The first kappa shape index (κ1) is 12.1.